The van der Waals surface area contributed by atoms with Crippen LogP contribution in [0.3, 0.4) is 0 Å². The fourth-order valence-corrected chi connectivity index (χ4v) is 2.82. The van der Waals surface area contributed by atoms with Gasteiger partial charge < -0.3 is 5.32 Å². The molecule has 1 aromatic rings. The van der Waals surface area contributed by atoms with Crippen molar-refractivity contribution in [2.45, 2.75) is 31.6 Å². The number of rotatable bonds is 3. The minimum atomic E-state index is -4.72. The molecule has 6 nitrogen and oxygen atoms in total. The van der Waals surface area contributed by atoms with E-state index in [0.717, 1.165) is 11.8 Å². The second kappa shape index (κ2) is 6.11. The van der Waals surface area contributed by atoms with E-state index in [0.29, 0.717) is 29.0 Å². The Hall–Kier alpha value is -1.84. The largest absolute Gasteiger partial charge is 0.435 e. The lowest BCUT2D eigenvalue weighted by Gasteiger charge is -2.17. The molecule has 0 saturated carbocycles. The molecule has 0 aromatic carbocycles. The van der Waals surface area contributed by atoms with Gasteiger partial charge in [0, 0.05) is 11.8 Å². The van der Waals surface area contributed by atoms with Gasteiger partial charge in [0.1, 0.15) is 6.04 Å². The van der Waals surface area contributed by atoms with E-state index < -0.39 is 35.4 Å². The van der Waals surface area contributed by atoms with Crippen LogP contribution in [0.1, 0.15) is 25.1 Å². The number of hydrogen-bond acceptors (Lipinski definition) is 5. The fourth-order valence-electron chi connectivity index (χ4n) is 1.88. The molecule has 2 rings (SSSR count). The van der Waals surface area contributed by atoms with E-state index in [-0.39, 0.29) is 5.12 Å². The lowest BCUT2D eigenvalue weighted by atomic mass is 10.2. The SMILES string of the molecule is CC(C(=O)NC1CCSC1=O)n1nc(C(F)(F)F)ccc1=O. The molecule has 1 aromatic heterocycles. The lowest BCUT2D eigenvalue weighted by molar-refractivity contribution is -0.143. The highest BCUT2D eigenvalue weighted by Gasteiger charge is 2.34. The molecular weight excluding hydrogens is 323 g/mol. The first-order valence-corrected chi connectivity index (χ1v) is 7.33. The molecule has 1 fully saturated rings. The van der Waals surface area contributed by atoms with Gasteiger partial charge in [-0.2, -0.15) is 18.3 Å². The van der Waals surface area contributed by atoms with Gasteiger partial charge in [0.2, 0.25) is 11.0 Å². The summed E-state index contributed by atoms with van der Waals surface area (Å²) in [6.07, 6.45) is -4.27. The van der Waals surface area contributed by atoms with Gasteiger partial charge in [0.25, 0.3) is 5.56 Å². The molecule has 1 amide bonds. The summed E-state index contributed by atoms with van der Waals surface area (Å²) in [5.74, 6) is -0.158. The number of aromatic nitrogens is 2. The number of halogens is 3. The summed E-state index contributed by atoms with van der Waals surface area (Å²) in [4.78, 5) is 35.1. The van der Waals surface area contributed by atoms with Crippen molar-refractivity contribution >= 4 is 22.8 Å². The van der Waals surface area contributed by atoms with Gasteiger partial charge in [-0.25, -0.2) is 4.68 Å². The van der Waals surface area contributed by atoms with Crippen molar-refractivity contribution in [2.75, 3.05) is 5.75 Å². The van der Waals surface area contributed by atoms with Crippen molar-refractivity contribution in [3.8, 4) is 0 Å². The first-order chi connectivity index (χ1) is 10.2. The van der Waals surface area contributed by atoms with Gasteiger partial charge in [-0.05, 0) is 19.4 Å². The number of thioether (sulfide) groups is 1. The van der Waals surface area contributed by atoms with E-state index in [1.165, 1.54) is 6.92 Å². The molecule has 1 aliphatic rings. The lowest BCUT2D eigenvalue weighted by Crippen LogP contribution is -2.43. The topological polar surface area (TPSA) is 81.1 Å². The number of carbonyl (C=O) groups is 2. The molecule has 10 heteroatoms. The Morgan fingerprint density at radius 3 is 2.68 bits per heavy atom. The first kappa shape index (κ1) is 16.5. The third kappa shape index (κ3) is 3.49. The zero-order chi connectivity index (χ0) is 16.5. The monoisotopic (exact) mass is 335 g/mol. The molecule has 0 bridgehead atoms. The second-order valence-corrected chi connectivity index (χ2v) is 5.79. The van der Waals surface area contributed by atoms with Crippen LogP contribution in [0.4, 0.5) is 13.2 Å². The molecule has 2 atom stereocenters. The van der Waals surface area contributed by atoms with E-state index in [9.17, 15) is 27.6 Å². The molecule has 0 aliphatic carbocycles. The van der Waals surface area contributed by atoms with E-state index >= 15 is 0 Å². The number of amides is 1. The Kier molecular flexibility index (Phi) is 4.59. The fraction of sp³-hybridized carbons (Fsp3) is 0.500. The van der Waals surface area contributed by atoms with Gasteiger partial charge >= 0.3 is 6.18 Å². The quantitative estimate of drug-likeness (QED) is 0.890. The number of carbonyl (C=O) groups excluding carboxylic acids is 2. The van der Waals surface area contributed by atoms with E-state index in [1.54, 1.807) is 0 Å². The molecule has 1 saturated heterocycles. The highest BCUT2D eigenvalue weighted by Crippen LogP contribution is 2.26. The molecule has 2 heterocycles. The molecule has 1 aliphatic heterocycles. The van der Waals surface area contributed by atoms with Gasteiger partial charge in [-0.15, -0.1) is 0 Å². The van der Waals surface area contributed by atoms with E-state index in [1.807, 2.05) is 0 Å². The zero-order valence-corrected chi connectivity index (χ0v) is 12.2. The maximum Gasteiger partial charge on any atom is 0.435 e. The summed E-state index contributed by atoms with van der Waals surface area (Å²) < 4.78 is 38.3. The molecule has 2 unspecified atom stereocenters. The summed E-state index contributed by atoms with van der Waals surface area (Å²) in [7, 11) is 0. The van der Waals surface area contributed by atoms with E-state index in [2.05, 4.69) is 10.4 Å². The third-order valence-corrected chi connectivity index (χ3v) is 4.12. The van der Waals surface area contributed by atoms with Crippen LogP contribution in [-0.4, -0.2) is 32.6 Å². The number of nitrogens with zero attached hydrogens (tertiary/aromatic N) is 2. The minimum absolute atomic E-state index is 0.204. The van der Waals surface area contributed by atoms with Crippen molar-refractivity contribution in [1.82, 2.24) is 15.1 Å². The Morgan fingerprint density at radius 2 is 2.14 bits per heavy atom. The Labute approximate surface area is 127 Å². The highest BCUT2D eigenvalue weighted by molar-refractivity contribution is 8.14. The number of hydrogen-bond donors (Lipinski definition) is 1. The summed E-state index contributed by atoms with van der Waals surface area (Å²) in [6, 6.07) is -0.675. The van der Waals surface area contributed by atoms with Gasteiger partial charge in [-0.1, -0.05) is 11.8 Å². The van der Waals surface area contributed by atoms with Crippen molar-refractivity contribution < 1.29 is 22.8 Å². The summed E-state index contributed by atoms with van der Waals surface area (Å²) >= 11 is 1.08. The Balaban J connectivity index is 2.21. The molecule has 0 radical (unpaired) electrons. The van der Waals surface area contributed by atoms with Crippen LogP contribution in [0.5, 0.6) is 0 Å². The molecule has 22 heavy (non-hydrogen) atoms. The highest BCUT2D eigenvalue weighted by atomic mass is 32.2. The number of alkyl halides is 3. The van der Waals surface area contributed by atoms with E-state index in [4.69, 9.17) is 0 Å². The molecule has 1 N–H and O–H groups in total. The predicted octanol–water partition coefficient (Wildman–Crippen LogP) is 0.971. The summed E-state index contributed by atoms with van der Waals surface area (Å²) in [5, 5.41) is 5.40. The number of nitrogens with one attached hydrogen (secondary N) is 1. The first-order valence-electron chi connectivity index (χ1n) is 6.34. The van der Waals surface area contributed by atoms with Crippen LogP contribution < -0.4 is 10.9 Å². The van der Waals surface area contributed by atoms with Crippen LogP contribution in [0.2, 0.25) is 0 Å². The van der Waals surface area contributed by atoms with Crippen molar-refractivity contribution in [3.63, 3.8) is 0 Å². The summed E-state index contributed by atoms with van der Waals surface area (Å²) in [5.41, 5.74) is -2.10. The second-order valence-electron chi connectivity index (χ2n) is 4.69. The van der Waals surface area contributed by atoms with Gasteiger partial charge in [0.05, 0.1) is 6.04 Å². The van der Waals surface area contributed by atoms with Crippen molar-refractivity contribution in [2.24, 2.45) is 0 Å². The zero-order valence-electron chi connectivity index (χ0n) is 11.4. The van der Waals surface area contributed by atoms with Crippen LogP contribution in [0.15, 0.2) is 16.9 Å². The van der Waals surface area contributed by atoms with Crippen molar-refractivity contribution in [3.05, 3.63) is 28.2 Å². The van der Waals surface area contributed by atoms with Crippen LogP contribution in [0, 0.1) is 0 Å². The Morgan fingerprint density at radius 1 is 1.45 bits per heavy atom. The average molecular weight is 335 g/mol. The maximum absolute atomic E-state index is 12.6. The Bertz CT molecular complexity index is 659. The van der Waals surface area contributed by atoms with Gasteiger partial charge in [-0.3, -0.25) is 14.4 Å². The van der Waals surface area contributed by atoms with Crippen LogP contribution in [0.25, 0.3) is 0 Å². The third-order valence-electron chi connectivity index (χ3n) is 3.11. The average Bonchev–Trinajstić information content (AvgIpc) is 2.82. The normalized spacial score (nSPS) is 20.0. The van der Waals surface area contributed by atoms with Crippen molar-refractivity contribution in [1.29, 1.82) is 0 Å². The molecule has 0 spiro atoms. The van der Waals surface area contributed by atoms with Crippen LogP contribution >= 0.6 is 11.8 Å². The van der Waals surface area contributed by atoms with Crippen LogP contribution in [-0.2, 0) is 15.8 Å². The minimum Gasteiger partial charge on any atom is -0.343 e. The maximum atomic E-state index is 12.6. The molecule has 120 valence electrons. The predicted molar refractivity (Wildman–Crippen MR) is 72.2 cm³/mol. The smallest absolute Gasteiger partial charge is 0.343 e. The van der Waals surface area contributed by atoms with Gasteiger partial charge in [0.15, 0.2) is 5.69 Å². The summed E-state index contributed by atoms with van der Waals surface area (Å²) in [6.45, 7) is 1.25. The molecular formula is C12H12F3N3O3S. The standard InChI is InChI=1S/C12H12F3N3O3S/c1-6(10(20)16-7-4-5-22-11(7)21)18-9(19)3-2-8(17-18)12(13,14)15/h2-3,6-7H,4-5H2,1H3,(H,16,20).